The van der Waals surface area contributed by atoms with Gasteiger partial charge in [-0.15, -0.1) is 0 Å². The first-order valence-corrected chi connectivity index (χ1v) is 12.6. The molecule has 0 atom stereocenters. The number of hydrazone groups is 1. The molecule has 2 N–H and O–H groups in total. The first-order valence-electron chi connectivity index (χ1n) is 10.4. The van der Waals surface area contributed by atoms with Crippen LogP contribution >= 0.6 is 15.9 Å². The third-order valence-corrected chi connectivity index (χ3v) is 6.99. The number of carbonyl (C=O) groups excluding carboxylic acids is 1. The summed E-state index contributed by atoms with van der Waals surface area (Å²) >= 11 is 3.30. The smallest absolute Gasteiger partial charge is 0.255 e. The first-order chi connectivity index (χ1) is 16.3. The van der Waals surface area contributed by atoms with Gasteiger partial charge in [0.2, 0.25) is 10.0 Å². The van der Waals surface area contributed by atoms with Gasteiger partial charge < -0.3 is 9.84 Å². The number of aromatic hydroxyl groups is 1. The molecular formula is C24H24BrN3O5S. The second kappa shape index (κ2) is 11.8. The van der Waals surface area contributed by atoms with E-state index in [1.54, 1.807) is 55.5 Å². The summed E-state index contributed by atoms with van der Waals surface area (Å²) in [6.45, 7) is 1.77. The van der Waals surface area contributed by atoms with Crippen molar-refractivity contribution in [3.8, 4) is 11.5 Å². The number of nitrogens with one attached hydrogen (secondary N) is 1. The average Bonchev–Trinajstić information content (AvgIpc) is 2.82. The predicted octanol–water partition coefficient (Wildman–Crippen LogP) is 3.89. The zero-order valence-electron chi connectivity index (χ0n) is 18.4. The lowest BCUT2D eigenvalue weighted by molar-refractivity contribution is -0.121. The highest BCUT2D eigenvalue weighted by Gasteiger charge is 2.27. The summed E-state index contributed by atoms with van der Waals surface area (Å²) in [6.07, 6.45) is 1.38. The molecule has 10 heteroatoms. The van der Waals surface area contributed by atoms with Crippen LogP contribution in [0.2, 0.25) is 0 Å². The Hall–Kier alpha value is -3.21. The van der Waals surface area contributed by atoms with Crippen molar-refractivity contribution in [2.45, 2.75) is 18.4 Å². The van der Waals surface area contributed by atoms with Crippen molar-refractivity contribution in [3.63, 3.8) is 0 Å². The molecule has 0 aromatic heterocycles. The standard InChI is InChI=1S/C24H24BrN3O5S/c1-2-33-23-14-19(8-13-22(23)29)15-26-27-24(30)17-28(16-18-6-4-3-5-7-18)34(31,32)21-11-9-20(25)10-12-21/h3-15,29H,2,16-17H2,1H3,(H,27,30)/b26-15-. The van der Waals surface area contributed by atoms with E-state index >= 15 is 0 Å². The number of ether oxygens (including phenoxy) is 1. The molecule has 3 aromatic rings. The molecule has 3 aromatic carbocycles. The Morgan fingerprint density at radius 2 is 1.82 bits per heavy atom. The first kappa shape index (κ1) is 25.4. The van der Waals surface area contributed by atoms with Crippen LogP contribution in [0.25, 0.3) is 0 Å². The van der Waals surface area contributed by atoms with E-state index in [-0.39, 0.29) is 17.2 Å². The van der Waals surface area contributed by atoms with Gasteiger partial charge in [-0.2, -0.15) is 9.41 Å². The largest absolute Gasteiger partial charge is 0.504 e. The van der Waals surface area contributed by atoms with Gasteiger partial charge in [0, 0.05) is 11.0 Å². The van der Waals surface area contributed by atoms with Crippen LogP contribution in [0.3, 0.4) is 0 Å². The van der Waals surface area contributed by atoms with Gasteiger partial charge in [-0.3, -0.25) is 4.79 Å². The van der Waals surface area contributed by atoms with Crippen molar-refractivity contribution in [3.05, 3.63) is 88.4 Å². The molecule has 34 heavy (non-hydrogen) atoms. The van der Waals surface area contributed by atoms with Gasteiger partial charge in [0.05, 0.1) is 24.3 Å². The number of hydrogen-bond acceptors (Lipinski definition) is 6. The Labute approximate surface area is 207 Å². The van der Waals surface area contributed by atoms with E-state index in [0.29, 0.717) is 17.9 Å². The van der Waals surface area contributed by atoms with Crippen LogP contribution < -0.4 is 10.2 Å². The lowest BCUT2D eigenvalue weighted by Crippen LogP contribution is -2.39. The fourth-order valence-corrected chi connectivity index (χ4v) is 4.67. The summed E-state index contributed by atoms with van der Waals surface area (Å²) in [5.74, 6) is -0.304. The molecule has 0 aliphatic carbocycles. The fraction of sp³-hybridized carbons (Fsp3) is 0.167. The number of sulfonamides is 1. The summed E-state index contributed by atoms with van der Waals surface area (Å²) in [5, 5.41) is 13.7. The van der Waals surface area contributed by atoms with Crippen LogP contribution in [0.4, 0.5) is 0 Å². The maximum absolute atomic E-state index is 13.3. The zero-order chi connectivity index (χ0) is 24.6. The number of phenolic OH excluding ortho intramolecular Hbond substituents is 1. The number of carbonyl (C=O) groups is 1. The maximum Gasteiger partial charge on any atom is 0.255 e. The molecule has 0 heterocycles. The lowest BCUT2D eigenvalue weighted by Gasteiger charge is -2.21. The van der Waals surface area contributed by atoms with E-state index in [4.69, 9.17) is 4.74 Å². The van der Waals surface area contributed by atoms with Crippen LogP contribution in [0.5, 0.6) is 11.5 Å². The molecule has 0 bridgehead atoms. The average molecular weight is 546 g/mol. The minimum absolute atomic E-state index is 0.00209. The molecule has 178 valence electrons. The number of nitrogens with zero attached hydrogens (tertiary/aromatic N) is 2. The van der Waals surface area contributed by atoms with Crippen molar-refractivity contribution >= 4 is 38.1 Å². The van der Waals surface area contributed by atoms with Crippen molar-refractivity contribution in [1.29, 1.82) is 0 Å². The molecule has 0 radical (unpaired) electrons. The Morgan fingerprint density at radius 1 is 1.12 bits per heavy atom. The normalized spacial score (nSPS) is 11.6. The van der Waals surface area contributed by atoms with E-state index in [2.05, 4.69) is 26.5 Å². The summed E-state index contributed by atoms with van der Waals surface area (Å²) in [5.41, 5.74) is 3.69. The lowest BCUT2D eigenvalue weighted by atomic mass is 10.2. The SMILES string of the molecule is CCOc1cc(/C=N\NC(=O)CN(Cc2ccccc2)S(=O)(=O)c2ccc(Br)cc2)ccc1O. The number of benzene rings is 3. The summed E-state index contributed by atoms with van der Waals surface area (Å²) < 4.78 is 33.7. The van der Waals surface area contributed by atoms with Crippen LogP contribution in [-0.4, -0.2) is 43.1 Å². The highest BCUT2D eigenvalue weighted by Crippen LogP contribution is 2.26. The van der Waals surface area contributed by atoms with Crippen molar-refractivity contribution in [2.75, 3.05) is 13.2 Å². The monoisotopic (exact) mass is 545 g/mol. The quantitative estimate of drug-likeness (QED) is 0.296. The van der Waals surface area contributed by atoms with Gasteiger partial charge in [0.1, 0.15) is 0 Å². The number of halogens is 1. The summed E-state index contributed by atoms with van der Waals surface area (Å²) in [7, 11) is -3.95. The van der Waals surface area contributed by atoms with E-state index in [9.17, 15) is 18.3 Å². The molecule has 0 aliphatic rings. The Balaban J connectivity index is 1.75. The zero-order valence-corrected chi connectivity index (χ0v) is 20.8. The van der Waals surface area contributed by atoms with E-state index < -0.39 is 22.5 Å². The molecule has 0 unspecified atom stereocenters. The molecular weight excluding hydrogens is 522 g/mol. The molecule has 1 amide bonds. The third kappa shape index (κ3) is 6.89. The minimum atomic E-state index is -3.95. The summed E-state index contributed by atoms with van der Waals surface area (Å²) in [4.78, 5) is 12.7. The van der Waals surface area contributed by atoms with E-state index in [1.165, 1.54) is 24.4 Å². The Bertz CT molecular complexity index is 1250. The second-order valence-electron chi connectivity index (χ2n) is 7.17. The Morgan fingerprint density at radius 3 is 2.50 bits per heavy atom. The van der Waals surface area contributed by atoms with E-state index in [0.717, 1.165) is 14.3 Å². The van der Waals surface area contributed by atoms with Gasteiger partial charge >= 0.3 is 0 Å². The molecule has 0 fully saturated rings. The van der Waals surface area contributed by atoms with Crippen molar-refractivity contribution in [2.24, 2.45) is 5.10 Å². The highest BCUT2D eigenvalue weighted by atomic mass is 79.9. The highest BCUT2D eigenvalue weighted by molar-refractivity contribution is 9.10. The second-order valence-corrected chi connectivity index (χ2v) is 10.0. The van der Waals surface area contributed by atoms with Crippen LogP contribution in [0, 0.1) is 0 Å². The molecule has 0 saturated heterocycles. The van der Waals surface area contributed by atoms with Gasteiger partial charge in [-0.05, 0) is 60.5 Å². The fourth-order valence-electron chi connectivity index (χ4n) is 3.03. The van der Waals surface area contributed by atoms with Gasteiger partial charge in [-0.25, -0.2) is 13.8 Å². The topological polar surface area (TPSA) is 108 Å². The van der Waals surface area contributed by atoms with Crippen molar-refractivity contribution in [1.82, 2.24) is 9.73 Å². The third-order valence-electron chi connectivity index (χ3n) is 4.66. The van der Waals surface area contributed by atoms with Crippen LogP contribution in [0.1, 0.15) is 18.1 Å². The van der Waals surface area contributed by atoms with Gasteiger partial charge in [0.15, 0.2) is 11.5 Å². The predicted molar refractivity (Wildman–Crippen MR) is 133 cm³/mol. The number of phenols is 1. The number of amides is 1. The van der Waals surface area contributed by atoms with Gasteiger partial charge in [0.25, 0.3) is 5.91 Å². The van der Waals surface area contributed by atoms with Crippen LogP contribution in [-0.2, 0) is 21.4 Å². The van der Waals surface area contributed by atoms with Crippen molar-refractivity contribution < 1.29 is 23.1 Å². The molecule has 0 spiro atoms. The summed E-state index contributed by atoms with van der Waals surface area (Å²) in [6, 6.07) is 19.9. The number of rotatable bonds is 10. The molecule has 8 nitrogen and oxygen atoms in total. The molecule has 0 aliphatic heterocycles. The maximum atomic E-state index is 13.3. The Kier molecular flexibility index (Phi) is 8.80. The van der Waals surface area contributed by atoms with E-state index in [1.807, 2.05) is 6.07 Å². The number of hydrogen-bond donors (Lipinski definition) is 2. The molecule has 0 saturated carbocycles. The minimum Gasteiger partial charge on any atom is -0.504 e. The molecule has 3 rings (SSSR count). The van der Waals surface area contributed by atoms with Gasteiger partial charge in [-0.1, -0.05) is 46.3 Å². The van der Waals surface area contributed by atoms with Crippen LogP contribution in [0.15, 0.2) is 87.3 Å².